The van der Waals surface area contributed by atoms with E-state index in [2.05, 4.69) is 10.1 Å². The summed E-state index contributed by atoms with van der Waals surface area (Å²) in [4.78, 5) is 0. The van der Waals surface area contributed by atoms with Crippen LogP contribution in [0.15, 0.2) is 18.2 Å². The number of benzene rings is 1. The van der Waals surface area contributed by atoms with E-state index in [9.17, 15) is 17.6 Å². The first kappa shape index (κ1) is 15.0. The summed E-state index contributed by atoms with van der Waals surface area (Å²) in [5, 5.41) is 2.89. The van der Waals surface area contributed by atoms with Crippen LogP contribution in [0.2, 0.25) is 5.02 Å². The van der Waals surface area contributed by atoms with Gasteiger partial charge in [-0.3, -0.25) is 0 Å². The fraction of sp³-hybridized carbons (Fsp3) is 0.455. The fourth-order valence-corrected chi connectivity index (χ4v) is 1.38. The third-order valence-corrected chi connectivity index (χ3v) is 2.27. The van der Waals surface area contributed by atoms with Crippen molar-refractivity contribution in [1.29, 1.82) is 0 Å². The van der Waals surface area contributed by atoms with Crippen molar-refractivity contribution in [2.24, 2.45) is 0 Å². The van der Waals surface area contributed by atoms with Crippen molar-refractivity contribution in [3.8, 4) is 0 Å². The van der Waals surface area contributed by atoms with Gasteiger partial charge in [0, 0.05) is 18.8 Å². The van der Waals surface area contributed by atoms with Crippen LogP contribution in [-0.4, -0.2) is 25.9 Å². The third kappa shape index (κ3) is 6.07. The first-order chi connectivity index (χ1) is 8.38. The first-order valence-corrected chi connectivity index (χ1v) is 5.60. The van der Waals surface area contributed by atoms with Crippen LogP contribution in [-0.2, 0) is 4.74 Å². The van der Waals surface area contributed by atoms with Gasteiger partial charge >= 0.3 is 6.18 Å². The Balaban J connectivity index is 2.16. The number of alkyl halides is 3. The molecule has 0 unspecified atom stereocenters. The van der Waals surface area contributed by atoms with Crippen LogP contribution >= 0.6 is 11.6 Å². The number of halogens is 5. The van der Waals surface area contributed by atoms with Crippen LogP contribution in [0.4, 0.5) is 23.2 Å². The van der Waals surface area contributed by atoms with E-state index in [1.165, 1.54) is 18.2 Å². The summed E-state index contributed by atoms with van der Waals surface area (Å²) >= 11 is 5.56. The smallest absolute Gasteiger partial charge is 0.385 e. The molecule has 0 amide bonds. The van der Waals surface area contributed by atoms with Gasteiger partial charge in [-0.2, -0.15) is 13.2 Å². The Kier molecular flexibility index (Phi) is 5.68. The topological polar surface area (TPSA) is 21.3 Å². The standard InChI is InChI=1S/C11H12ClF4NO/c12-9-6-8(2-3-10(9)13)17-4-1-5-18-7-11(14,15)16/h2-3,6,17H,1,4-5,7H2. The molecule has 0 saturated carbocycles. The second kappa shape index (κ2) is 6.80. The Labute approximate surface area is 107 Å². The molecule has 0 aliphatic rings. The van der Waals surface area contributed by atoms with Gasteiger partial charge in [0.1, 0.15) is 12.4 Å². The fourth-order valence-electron chi connectivity index (χ4n) is 1.20. The van der Waals surface area contributed by atoms with Crippen molar-refractivity contribution < 1.29 is 22.3 Å². The van der Waals surface area contributed by atoms with Gasteiger partial charge in [-0.25, -0.2) is 4.39 Å². The van der Waals surface area contributed by atoms with Crippen LogP contribution in [0.5, 0.6) is 0 Å². The average Bonchev–Trinajstić information content (AvgIpc) is 2.26. The van der Waals surface area contributed by atoms with Gasteiger partial charge in [0.15, 0.2) is 0 Å². The normalized spacial score (nSPS) is 11.6. The monoisotopic (exact) mass is 285 g/mol. The molecule has 0 spiro atoms. The van der Waals surface area contributed by atoms with Gasteiger partial charge in [-0.05, 0) is 24.6 Å². The van der Waals surface area contributed by atoms with Crippen molar-refractivity contribution in [2.45, 2.75) is 12.6 Å². The van der Waals surface area contributed by atoms with Gasteiger partial charge < -0.3 is 10.1 Å². The molecule has 102 valence electrons. The summed E-state index contributed by atoms with van der Waals surface area (Å²) in [5.41, 5.74) is 0.609. The predicted molar refractivity (Wildman–Crippen MR) is 61.4 cm³/mol. The van der Waals surface area contributed by atoms with Gasteiger partial charge in [0.2, 0.25) is 0 Å². The minimum Gasteiger partial charge on any atom is -0.385 e. The molecule has 0 heterocycles. The minimum absolute atomic E-state index is 0.00143. The molecule has 0 fully saturated rings. The molecular weight excluding hydrogens is 274 g/mol. The lowest BCUT2D eigenvalue weighted by Crippen LogP contribution is -2.18. The summed E-state index contributed by atoms with van der Waals surface area (Å²) in [7, 11) is 0. The van der Waals surface area contributed by atoms with E-state index in [1.54, 1.807) is 0 Å². The van der Waals surface area contributed by atoms with E-state index in [0.717, 1.165) is 0 Å². The lowest BCUT2D eigenvalue weighted by atomic mass is 10.3. The Bertz CT molecular complexity index is 384. The maximum absolute atomic E-state index is 12.8. The van der Waals surface area contributed by atoms with E-state index in [1.807, 2.05) is 0 Å². The number of hydrogen-bond acceptors (Lipinski definition) is 2. The second-order valence-corrected chi connectivity index (χ2v) is 3.98. The largest absolute Gasteiger partial charge is 0.411 e. The number of rotatable bonds is 6. The molecule has 18 heavy (non-hydrogen) atoms. The maximum atomic E-state index is 12.8. The van der Waals surface area contributed by atoms with Crippen LogP contribution in [0.1, 0.15) is 6.42 Å². The molecule has 0 aliphatic heterocycles. The van der Waals surface area contributed by atoms with Gasteiger partial charge in [-0.1, -0.05) is 11.6 Å². The molecule has 7 heteroatoms. The summed E-state index contributed by atoms with van der Waals surface area (Å²) in [6, 6.07) is 4.12. The number of hydrogen-bond donors (Lipinski definition) is 1. The highest BCUT2D eigenvalue weighted by atomic mass is 35.5. The van der Waals surface area contributed by atoms with E-state index in [4.69, 9.17) is 11.6 Å². The Morgan fingerprint density at radius 3 is 2.61 bits per heavy atom. The molecule has 0 aliphatic carbocycles. The van der Waals surface area contributed by atoms with Gasteiger partial charge in [0.25, 0.3) is 0 Å². The lowest BCUT2D eigenvalue weighted by molar-refractivity contribution is -0.173. The van der Waals surface area contributed by atoms with Crippen LogP contribution in [0.25, 0.3) is 0 Å². The summed E-state index contributed by atoms with van der Waals surface area (Å²) in [5.74, 6) is -0.518. The van der Waals surface area contributed by atoms with Crippen LogP contribution in [0, 0.1) is 5.82 Å². The Morgan fingerprint density at radius 1 is 1.28 bits per heavy atom. The second-order valence-electron chi connectivity index (χ2n) is 3.58. The maximum Gasteiger partial charge on any atom is 0.411 e. The molecule has 0 atom stereocenters. The van der Waals surface area contributed by atoms with Crippen molar-refractivity contribution in [3.05, 3.63) is 29.0 Å². The van der Waals surface area contributed by atoms with Crippen LogP contribution in [0.3, 0.4) is 0 Å². The highest BCUT2D eigenvalue weighted by Crippen LogP contribution is 2.19. The van der Waals surface area contributed by atoms with Gasteiger partial charge in [-0.15, -0.1) is 0 Å². The summed E-state index contributed by atoms with van der Waals surface area (Å²) in [6.07, 6.45) is -3.89. The predicted octanol–water partition coefficient (Wildman–Crippen LogP) is 3.86. The zero-order valence-electron chi connectivity index (χ0n) is 9.36. The molecule has 1 aromatic rings. The molecule has 2 nitrogen and oxygen atoms in total. The van der Waals surface area contributed by atoms with Crippen LogP contribution < -0.4 is 5.32 Å². The molecule has 0 saturated heterocycles. The quantitative estimate of drug-likeness (QED) is 0.633. The molecule has 1 rings (SSSR count). The van der Waals surface area contributed by atoms with Crippen molar-refractivity contribution in [1.82, 2.24) is 0 Å². The van der Waals surface area contributed by atoms with Crippen molar-refractivity contribution in [3.63, 3.8) is 0 Å². The number of anilines is 1. The molecule has 1 aromatic carbocycles. The Hall–Kier alpha value is -1.01. The molecule has 1 N–H and O–H groups in total. The zero-order chi connectivity index (χ0) is 13.6. The average molecular weight is 286 g/mol. The van der Waals surface area contributed by atoms with E-state index >= 15 is 0 Å². The lowest BCUT2D eigenvalue weighted by Gasteiger charge is -2.09. The highest BCUT2D eigenvalue weighted by Gasteiger charge is 2.27. The molecule has 0 aromatic heterocycles. The first-order valence-electron chi connectivity index (χ1n) is 5.22. The van der Waals surface area contributed by atoms with Gasteiger partial charge in [0.05, 0.1) is 5.02 Å². The van der Waals surface area contributed by atoms with Crippen molar-refractivity contribution in [2.75, 3.05) is 25.1 Å². The summed E-state index contributed by atoms with van der Waals surface area (Å²) < 4.78 is 52.4. The zero-order valence-corrected chi connectivity index (χ0v) is 10.1. The molecule has 0 bridgehead atoms. The van der Waals surface area contributed by atoms with E-state index in [-0.39, 0.29) is 11.6 Å². The highest BCUT2D eigenvalue weighted by molar-refractivity contribution is 6.31. The number of ether oxygens (including phenoxy) is 1. The van der Waals surface area contributed by atoms with E-state index in [0.29, 0.717) is 18.7 Å². The van der Waals surface area contributed by atoms with E-state index < -0.39 is 18.6 Å². The Morgan fingerprint density at radius 2 is 2.00 bits per heavy atom. The molecule has 0 radical (unpaired) electrons. The number of nitrogens with one attached hydrogen (secondary N) is 1. The minimum atomic E-state index is -4.29. The SMILES string of the molecule is Fc1ccc(NCCCOCC(F)(F)F)cc1Cl. The third-order valence-electron chi connectivity index (χ3n) is 1.98. The molecular formula is C11H12ClF4NO. The summed E-state index contributed by atoms with van der Waals surface area (Å²) in [6.45, 7) is -0.823. The van der Waals surface area contributed by atoms with Crippen molar-refractivity contribution >= 4 is 17.3 Å².